The van der Waals surface area contributed by atoms with Gasteiger partial charge in [0.2, 0.25) is 5.91 Å². The van der Waals surface area contributed by atoms with Crippen molar-refractivity contribution in [1.82, 2.24) is 4.98 Å². The smallest absolute Gasteiger partial charge is 0.309 e. The first kappa shape index (κ1) is 15.5. The number of para-hydroxylation sites is 1. The van der Waals surface area contributed by atoms with E-state index in [9.17, 15) is 9.59 Å². The Labute approximate surface area is 130 Å². The average molecular weight is 322 g/mol. The summed E-state index contributed by atoms with van der Waals surface area (Å²) in [6.45, 7) is 0. The van der Waals surface area contributed by atoms with Crippen molar-refractivity contribution < 1.29 is 14.7 Å². The minimum Gasteiger partial charge on any atom is -0.481 e. The fraction of sp³-hybridized carbons (Fsp3) is 0.214. The molecule has 0 unspecified atom stereocenters. The Balaban J connectivity index is 1.72. The number of aliphatic carboxylic acids is 1. The van der Waals surface area contributed by atoms with E-state index in [-0.39, 0.29) is 12.3 Å². The number of anilines is 1. The minimum absolute atomic E-state index is 0.0599. The van der Waals surface area contributed by atoms with Gasteiger partial charge in [0.25, 0.3) is 0 Å². The molecule has 1 aromatic heterocycles. The van der Waals surface area contributed by atoms with Gasteiger partial charge in [-0.15, -0.1) is 23.1 Å². The monoisotopic (exact) mass is 322 g/mol. The molecule has 0 bridgehead atoms. The lowest BCUT2D eigenvalue weighted by Gasteiger charge is -2.03. The van der Waals surface area contributed by atoms with Gasteiger partial charge >= 0.3 is 5.97 Å². The number of aromatic nitrogens is 1. The molecule has 1 heterocycles. The number of hydrogen-bond acceptors (Lipinski definition) is 5. The van der Waals surface area contributed by atoms with Gasteiger partial charge < -0.3 is 10.4 Å². The van der Waals surface area contributed by atoms with Gasteiger partial charge in [0.15, 0.2) is 0 Å². The number of nitrogens with zero attached hydrogens (tertiary/aromatic N) is 1. The van der Waals surface area contributed by atoms with Crippen molar-refractivity contribution in [1.29, 1.82) is 0 Å². The third-order valence-electron chi connectivity index (χ3n) is 2.45. The lowest BCUT2D eigenvalue weighted by atomic mass is 10.3. The summed E-state index contributed by atoms with van der Waals surface area (Å²) >= 11 is 2.87. The minimum atomic E-state index is -0.887. The quantitative estimate of drug-likeness (QED) is 0.819. The van der Waals surface area contributed by atoms with Crippen molar-refractivity contribution >= 4 is 40.7 Å². The number of thioether (sulfide) groups is 1. The van der Waals surface area contributed by atoms with Crippen LogP contribution in [0.15, 0.2) is 35.7 Å². The molecule has 1 aromatic carbocycles. The van der Waals surface area contributed by atoms with Gasteiger partial charge in [-0.1, -0.05) is 18.2 Å². The molecule has 0 spiro atoms. The molecule has 0 radical (unpaired) electrons. The van der Waals surface area contributed by atoms with E-state index in [1.807, 2.05) is 30.3 Å². The van der Waals surface area contributed by atoms with Crippen LogP contribution in [0.1, 0.15) is 10.7 Å². The van der Waals surface area contributed by atoms with Crippen molar-refractivity contribution in [3.63, 3.8) is 0 Å². The Kier molecular flexibility index (Phi) is 5.77. The highest BCUT2D eigenvalue weighted by atomic mass is 32.2. The fourth-order valence-corrected chi connectivity index (χ4v) is 3.30. The number of thiazole rings is 1. The van der Waals surface area contributed by atoms with Crippen LogP contribution in [0.25, 0.3) is 0 Å². The molecule has 0 aliphatic carbocycles. The van der Waals surface area contributed by atoms with Gasteiger partial charge in [-0.25, -0.2) is 4.98 Å². The number of rotatable bonds is 7. The molecule has 110 valence electrons. The molecule has 0 saturated carbocycles. The van der Waals surface area contributed by atoms with Gasteiger partial charge in [0, 0.05) is 16.8 Å². The van der Waals surface area contributed by atoms with E-state index < -0.39 is 5.97 Å². The summed E-state index contributed by atoms with van der Waals surface area (Å²) in [4.78, 5) is 26.5. The number of nitrogens with one attached hydrogen (secondary N) is 1. The first-order valence-corrected chi connectivity index (χ1v) is 8.24. The molecule has 2 N–H and O–H groups in total. The molecule has 0 saturated heterocycles. The van der Waals surface area contributed by atoms with Gasteiger partial charge in [-0.2, -0.15) is 0 Å². The van der Waals surface area contributed by atoms with Crippen LogP contribution in [-0.4, -0.2) is 27.7 Å². The molecular formula is C14H14N2O3S2. The van der Waals surface area contributed by atoms with E-state index in [1.54, 1.807) is 5.38 Å². The van der Waals surface area contributed by atoms with Crippen LogP contribution in [0.2, 0.25) is 0 Å². The second kappa shape index (κ2) is 7.80. The number of hydrogen-bond donors (Lipinski definition) is 2. The summed E-state index contributed by atoms with van der Waals surface area (Å²) in [7, 11) is 0. The molecular weight excluding hydrogens is 308 g/mol. The molecule has 2 rings (SSSR count). The van der Waals surface area contributed by atoms with E-state index in [2.05, 4.69) is 10.3 Å². The normalized spacial score (nSPS) is 10.3. The zero-order valence-corrected chi connectivity index (χ0v) is 12.7. The van der Waals surface area contributed by atoms with E-state index in [0.717, 1.165) is 10.7 Å². The van der Waals surface area contributed by atoms with Crippen LogP contribution < -0.4 is 5.32 Å². The Morgan fingerprint density at radius 1 is 1.29 bits per heavy atom. The maximum absolute atomic E-state index is 11.7. The lowest BCUT2D eigenvalue weighted by Crippen LogP contribution is -2.13. The molecule has 21 heavy (non-hydrogen) atoms. The van der Waals surface area contributed by atoms with E-state index in [4.69, 9.17) is 5.11 Å². The van der Waals surface area contributed by atoms with Crippen LogP contribution in [0.5, 0.6) is 0 Å². The highest BCUT2D eigenvalue weighted by Gasteiger charge is 2.07. The molecule has 1 amide bonds. The summed E-state index contributed by atoms with van der Waals surface area (Å²) < 4.78 is 0. The van der Waals surface area contributed by atoms with Gasteiger partial charge in [0.05, 0.1) is 17.9 Å². The highest BCUT2D eigenvalue weighted by molar-refractivity contribution is 7.99. The number of carboxylic acids is 1. The summed E-state index contributed by atoms with van der Waals surface area (Å²) in [5.41, 5.74) is 1.35. The molecule has 0 aliphatic heterocycles. The SMILES string of the molecule is O=C(O)Cc1csc(CSCC(=O)Nc2ccccc2)n1. The molecule has 0 fully saturated rings. The Morgan fingerprint density at radius 3 is 2.76 bits per heavy atom. The highest BCUT2D eigenvalue weighted by Crippen LogP contribution is 2.17. The number of benzene rings is 1. The zero-order chi connectivity index (χ0) is 15.1. The lowest BCUT2D eigenvalue weighted by molar-refractivity contribution is -0.136. The zero-order valence-electron chi connectivity index (χ0n) is 11.1. The second-order valence-corrected chi connectivity index (χ2v) is 6.14. The summed E-state index contributed by atoms with van der Waals surface area (Å²) in [6.07, 6.45) is -0.0599. The standard InChI is InChI=1S/C14H14N2O3S2/c17-12(15-10-4-2-1-3-5-10)8-20-9-13-16-11(7-21-13)6-14(18)19/h1-5,7H,6,8-9H2,(H,15,17)(H,18,19). The van der Waals surface area contributed by atoms with Crippen LogP contribution in [0.4, 0.5) is 5.69 Å². The van der Waals surface area contributed by atoms with Gasteiger partial charge in [0.1, 0.15) is 5.01 Å². The third-order valence-corrected chi connectivity index (χ3v) is 4.47. The number of carboxylic acid groups (broad SMARTS) is 1. The van der Waals surface area contributed by atoms with Gasteiger partial charge in [-0.3, -0.25) is 9.59 Å². The van der Waals surface area contributed by atoms with Crippen LogP contribution >= 0.6 is 23.1 Å². The Bertz CT molecular complexity index is 614. The Hall–Kier alpha value is -1.86. The summed E-state index contributed by atoms with van der Waals surface area (Å²) in [5.74, 6) is -0.00912. The predicted octanol–water partition coefficient (Wildman–Crippen LogP) is 2.64. The molecule has 0 aliphatic rings. The molecule has 2 aromatic rings. The van der Waals surface area contributed by atoms with Crippen molar-refractivity contribution in [2.24, 2.45) is 0 Å². The Morgan fingerprint density at radius 2 is 2.05 bits per heavy atom. The van der Waals surface area contributed by atoms with Crippen molar-refractivity contribution in [3.05, 3.63) is 46.4 Å². The first-order valence-electron chi connectivity index (χ1n) is 6.21. The topological polar surface area (TPSA) is 79.3 Å². The third kappa shape index (κ3) is 5.57. The summed E-state index contributed by atoms with van der Waals surface area (Å²) in [6, 6.07) is 9.29. The van der Waals surface area contributed by atoms with Gasteiger partial charge in [-0.05, 0) is 12.1 Å². The van der Waals surface area contributed by atoms with Crippen molar-refractivity contribution in [2.75, 3.05) is 11.1 Å². The number of amides is 1. The van der Waals surface area contributed by atoms with Crippen LogP contribution in [-0.2, 0) is 21.8 Å². The fourth-order valence-electron chi connectivity index (χ4n) is 1.60. The predicted molar refractivity (Wildman–Crippen MR) is 84.7 cm³/mol. The van der Waals surface area contributed by atoms with Crippen LogP contribution in [0.3, 0.4) is 0 Å². The van der Waals surface area contributed by atoms with E-state index in [1.165, 1.54) is 23.1 Å². The average Bonchev–Trinajstić information content (AvgIpc) is 2.86. The molecule has 0 atom stereocenters. The largest absolute Gasteiger partial charge is 0.481 e. The number of carbonyl (C=O) groups excluding carboxylic acids is 1. The van der Waals surface area contributed by atoms with E-state index in [0.29, 0.717) is 17.2 Å². The van der Waals surface area contributed by atoms with Crippen molar-refractivity contribution in [3.8, 4) is 0 Å². The second-order valence-electron chi connectivity index (χ2n) is 4.21. The first-order chi connectivity index (χ1) is 10.1. The summed E-state index contributed by atoms with van der Waals surface area (Å²) in [5, 5.41) is 14.1. The maximum atomic E-state index is 11.7. The van der Waals surface area contributed by atoms with Crippen molar-refractivity contribution in [2.45, 2.75) is 12.2 Å². The molecule has 7 heteroatoms. The molecule has 5 nitrogen and oxygen atoms in total. The van der Waals surface area contributed by atoms with E-state index >= 15 is 0 Å². The van der Waals surface area contributed by atoms with Crippen LogP contribution in [0, 0.1) is 0 Å². The number of carbonyl (C=O) groups is 2. The maximum Gasteiger partial charge on any atom is 0.309 e.